The second-order valence-corrected chi connectivity index (χ2v) is 5.02. The lowest BCUT2D eigenvalue weighted by Crippen LogP contribution is -2.49. The highest BCUT2D eigenvalue weighted by Gasteiger charge is 2.36. The molecule has 2 aliphatic heterocycles. The van der Waals surface area contributed by atoms with Gasteiger partial charge in [-0.15, -0.1) is 0 Å². The van der Waals surface area contributed by atoms with Gasteiger partial charge in [0.25, 0.3) is 0 Å². The maximum atomic E-state index is 11.2. The van der Waals surface area contributed by atoms with E-state index in [9.17, 15) is 4.79 Å². The molecule has 2 fully saturated rings. The van der Waals surface area contributed by atoms with Crippen molar-refractivity contribution in [1.82, 2.24) is 4.90 Å². The number of carbonyl (C=O) groups is 1. The van der Waals surface area contributed by atoms with Gasteiger partial charge >= 0.3 is 5.97 Å². The minimum atomic E-state index is -0.0392. The van der Waals surface area contributed by atoms with Crippen molar-refractivity contribution < 1.29 is 9.53 Å². The molecule has 0 aromatic heterocycles. The van der Waals surface area contributed by atoms with E-state index in [2.05, 4.69) is 11.9 Å². The molecule has 86 valence electrons. The van der Waals surface area contributed by atoms with E-state index in [1.807, 2.05) is 0 Å². The summed E-state index contributed by atoms with van der Waals surface area (Å²) in [6, 6.07) is 1.43. The van der Waals surface area contributed by atoms with Crippen molar-refractivity contribution in [1.29, 1.82) is 0 Å². The number of piperidine rings is 2. The van der Waals surface area contributed by atoms with Gasteiger partial charge in [0, 0.05) is 18.5 Å². The van der Waals surface area contributed by atoms with Crippen LogP contribution in [0.3, 0.4) is 0 Å². The van der Waals surface area contributed by atoms with E-state index in [1.54, 1.807) is 0 Å². The highest BCUT2D eigenvalue weighted by atomic mass is 16.5. The lowest BCUT2D eigenvalue weighted by Gasteiger charge is -2.47. The van der Waals surface area contributed by atoms with Crippen molar-refractivity contribution in [2.45, 2.75) is 50.6 Å². The largest absolute Gasteiger partial charge is 0.469 e. The van der Waals surface area contributed by atoms with Crippen LogP contribution in [0.4, 0.5) is 0 Å². The Morgan fingerprint density at radius 3 is 2.47 bits per heavy atom. The Labute approximate surface area is 91.8 Å². The SMILES string of the molecule is COC(=O)CC1CC2CCCC(C1)N2C. The van der Waals surface area contributed by atoms with Gasteiger partial charge in [-0.25, -0.2) is 0 Å². The summed E-state index contributed by atoms with van der Waals surface area (Å²) in [4.78, 5) is 13.8. The van der Waals surface area contributed by atoms with Gasteiger partial charge < -0.3 is 9.64 Å². The Hall–Kier alpha value is -0.570. The molecule has 0 aromatic carbocycles. The molecule has 3 heteroatoms. The lowest BCUT2D eigenvalue weighted by molar-refractivity contribution is -0.142. The predicted molar refractivity (Wildman–Crippen MR) is 58.5 cm³/mol. The van der Waals surface area contributed by atoms with Crippen molar-refractivity contribution in [3.05, 3.63) is 0 Å². The first-order chi connectivity index (χ1) is 7.20. The van der Waals surface area contributed by atoms with Crippen LogP contribution in [-0.4, -0.2) is 37.1 Å². The molecule has 0 radical (unpaired) electrons. The molecule has 2 rings (SSSR count). The van der Waals surface area contributed by atoms with Crippen LogP contribution in [-0.2, 0) is 9.53 Å². The van der Waals surface area contributed by atoms with E-state index in [4.69, 9.17) is 4.74 Å². The minimum absolute atomic E-state index is 0.0392. The quantitative estimate of drug-likeness (QED) is 0.652. The topological polar surface area (TPSA) is 29.5 Å². The molecule has 2 atom stereocenters. The molecule has 2 heterocycles. The van der Waals surface area contributed by atoms with Gasteiger partial charge in [0.05, 0.1) is 7.11 Å². The molecule has 0 aliphatic carbocycles. The first kappa shape index (κ1) is 10.9. The van der Waals surface area contributed by atoms with E-state index < -0.39 is 0 Å². The Bertz CT molecular complexity index is 228. The molecular weight excluding hydrogens is 190 g/mol. The second kappa shape index (κ2) is 4.52. The second-order valence-electron chi connectivity index (χ2n) is 5.02. The molecule has 0 aromatic rings. The summed E-state index contributed by atoms with van der Waals surface area (Å²) in [7, 11) is 3.72. The average Bonchev–Trinajstić information content (AvgIpc) is 2.19. The highest BCUT2D eigenvalue weighted by Crippen LogP contribution is 2.37. The zero-order valence-corrected chi connectivity index (χ0v) is 9.74. The molecule has 2 unspecified atom stereocenters. The Balaban J connectivity index is 1.92. The summed E-state index contributed by atoms with van der Waals surface area (Å²) in [6.45, 7) is 0. The molecule has 15 heavy (non-hydrogen) atoms. The van der Waals surface area contributed by atoms with Gasteiger partial charge in [-0.1, -0.05) is 6.42 Å². The Morgan fingerprint density at radius 1 is 1.33 bits per heavy atom. The average molecular weight is 211 g/mol. The van der Waals surface area contributed by atoms with Crippen LogP contribution >= 0.6 is 0 Å². The fourth-order valence-corrected chi connectivity index (χ4v) is 3.21. The van der Waals surface area contributed by atoms with Crippen molar-refractivity contribution in [2.75, 3.05) is 14.2 Å². The predicted octanol–water partition coefficient (Wildman–Crippen LogP) is 1.81. The van der Waals surface area contributed by atoms with Gasteiger partial charge in [-0.2, -0.15) is 0 Å². The monoisotopic (exact) mass is 211 g/mol. The van der Waals surface area contributed by atoms with E-state index >= 15 is 0 Å². The zero-order chi connectivity index (χ0) is 10.8. The Morgan fingerprint density at radius 2 is 1.93 bits per heavy atom. The molecule has 2 bridgehead atoms. The number of rotatable bonds is 2. The van der Waals surface area contributed by atoms with Crippen molar-refractivity contribution in [3.63, 3.8) is 0 Å². The van der Waals surface area contributed by atoms with Crippen molar-refractivity contribution in [2.24, 2.45) is 5.92 Å². The maximum absolute atomic E-state index is 11.2. The zero-order valence-electron chi connectivity index (χ0n) is 9.74. The van der Waals surface area contributed by atoms with Crippen molar-refractivity contribution >= 4 is 5.97 Å². The number of esters is 1. The first-order valence-corrected chi connectivity index (χ1v) is 5.99. The van der Waals surface area contributed by atoms with Crippen LogP contribution < -0.4 is 0 Å². The Kier molecular flexibility index (Phi) is 3.29. The lowest BCUT2D eigenvalue weighted by atomic mass is 9.77. The third-order valence-corrected chi connectivity index (χ3v) is 4.12. The van der Waals surface area contributed by atoms with Crippen LogP contribution in [0, 0.1) is 5.92 Å². The van der Waals surface area contributed by atoms with Gasteiger partial charge in [0.15, 0.2) is 0 Å². The summed E-state index contributed by atoms with van der Waals surface area (Å²) in [5.74, 6) is 0.520. The van der Waals surface area contributed by atoms with Crippen LogP contribution in [0.1, 0.15) is 38.5 Å². The summed E-state index contributed by atoms with van der Waals surface area (Å²) in [6.07, 6.45) is 6.97. The number of hydrogen-bond donors (Lipinski definition) is 0. The van der Waals surface area contributed by atoms with Crippen molar-refractivity contribution in [3.8, 4) is 0 Å². The fourth-order valence-electron chi connectivity index (χ4n) is 3.21. The van der Waals surface area contributed by atoms with Gasteiger partial charge in [0.2, 0.25) is 0 Å². The van der Waals surface area contributed by atoms with E-state index in [1.165, 1.54) is 39.2 Å². The first-order valence-electron chi connectivity index (χ1n) is 5.99. The molecule has 0 saturated carbocycles. The third-order valence-electron chi connectivity index (χ3n) is 4.12. The fraction of sp³-hybridized carbons (Fsp3) is 0.917. The summed E-state index contributed by atoms with van der Waals surface area (Å²) in [5.41, 5.74) is 0. The van der Waals surface area contributed by atoms with Gasteiger partial charge in [-0.05, 0) is 38.6 Å². The highest BCUT2D eigenvalue weighted by molar-refractivity contribution is 5.69. The van der Waals surface area contributed by atoms with E-state index in [-0.39, 0.29) is 5.97 Å². The number of methoxy groups -OCH3 is 1. The molecule has 0 amide bonds. The number of carbonyl (C=O) groups excluding carboxylic acids is 1. The van der Waals surface area contributed by atoms with Gasteiger partial charge in [0.1, 0.15) is 0 Å². The van der Waals surface area contributed by atoms with E-state index in [0.717, 1.165) is 0 Å². The minimum Gasteiger partial charge on any atom is -0.469 e. The summed E-state index contributed by atoms with van der Waals surface area (Å²) >= 11 is 0. The molecule has 3 nitrogen and oxygen atoms in total. The molecule has 2 aliphatic rings. The van der Waals surface area contributed by atoms with Gasteiger partial charge in [-0.3, -0.25) is 4.79 Å². The van der Waals surface area contributed by atoms with Crippen LogP contribution in [0.2, 0.25) is 0 Å². The van der Waals surface area contributed by atoms with Crippen LogP contribution in [0.25, 0.3) is 0 Å². The summed E-state index contributed by atoms with van der Waals surface area (Å²) in [5, 5.41) is 0. The maximum Gasteiger partial charge on any atom is 0.305 e. The molecule has 0 N–H and O–H groups in total. The molecular formula is C12H21NO2. The standard InChI is InChI=1S/C12H21NO2/c1-13-10-4-3-5-11(13)7-9(6-10)8-12(14)15-2/h9-11H,3-8H2,1-2H3. The number of hydrogen-bond acceptors (Lipinski definition) is 3. The smallest absolute Gasteiger partial charge is 0.305 e. The number of fused-ring (bicyclic) bond motifs is 2. The third kappa shape index (κ3) is 2.33. The van der Waals surface area contributed by atoms with Crippen LogP contribution in [0.15, 0.2) is 0 Å². The molecule has 2 saturated heterocycles. The number of ether oxygens (including phenoxy) is 1. The molecule has 0 spiro atoms. The normalized spacial score (nSPS) is 36.3. The van der Waals surface area contributed by atoms with Crippen LogP contribution in [0.5, 0.6) is 0 Å². The van der Waals surface area contributed by atoms with E-state index in [0.29, 0.717) is 24.4 Å². The summed E-state index contributed by atoms with van der Waals surface area (Å²) < 4.78 is 4.75. The number of nitrogens with zero attached hydrogens (tertiary/aromatic N) is 1.